The largest absolute Gasteiger partial charge is 3.00 e. The van der Waals surface area contributed by atoms with Gasteiger partial charge in [0, 0.05) is 6.15 Å². The van der Waals surface area contributed by atoms with Gasteiger partial charge in [0.15, 0.2) is 0 Å². The van der Waals surface area contributed by atoms with Crippen molar-refractivity contribution in [2.75, 3.05) is 0 Å². The van der Waals surface area contributed by atoms with Crippen LogP contribution in [0, 0.1) is 0 Å². The van der Waals surface area contributed by atoms with E-state index in [0.29, 0.717) is 0 Å². The average molecular weight is 207 g/mol. The van der Waals surface area contributed by atoms with Crippen molar-refractivity contribution in [3.63, 3.8) is 0 Å². The summed E-state index contributed by atoms with van der Waals surface area (Å²) in [5.74, 6) is 0. The average Bonchev–Trinajstić information content (AvgIpc) is 0. The van der Waals surface area contributed by atoms with Crippen molar-refractivity contribution >= 4 is 0 Å². The Morgan fingerprint density at radius 1 is 0.500 bits per heavy atom. The zero-order chi connectivity index (χ0) is 0. The van der Waals surface area contributed by atoms with Crippen LogP contribution in [0.5, 0.6) is 0 Å². The molecule has 0 atom stereocenters. The van der Waals surface area contributed by atoms with Gasteiger partial charge in [-0.05, 0) is 0 Å². The molecule has 6 radical (unpaired) electrons. The molecule has 0 aliphatic heterocycles. The Hall–Kier alpha value is 1.44. The summed E-state index contributed by atoms with van der Waals surface area (Å²) in [5, 5.41) is 0. The van der Waals surface area contributed by atoms with E-state index in [4.69, 9.17) is 0 Å². The Morgan fingerprint density at radius 2 is 0.500 bits per heavy atom. The molecule has 0 aliphatic carbocycles. The second kappa shape index (κ2) is 92.0. The predicted octanol–water partition coefficient (Wildman–Crippen LogP) is 0.0893. The van der Waals surface area contributed by atoms with Gasteiger partial charge in [-0.3, -0.25) is 0 Å². The van der Waals surface area contributed by atoms with E-state index in [-0.39, 0.29) is 69.7 Å². The molecule has 3 nitrogen and oxygen atoms in total. The maximum Gasteiger partial charge on any atom is 2.00 e. The minimum Gasteiger partial charge on any atom is -3.00 e. The molecule has 0 unspecified atom stereocenters. The van der Waals surface area contributed by atoms with E-state index in [2.05, 4.69) is 0 Å². The van der Waals surface area contributed by atoms with Crippen LogP contribution < -0.4 is 6.15 Å². The SMILES string of the molecule is [Mn+2].[Mn+2].[Mn+2].[N-3].[N-3].[N]. The van der Waals surface area contributed by atoms with Gasteiger partial charge in [0.05, 0.1) is 0 Å². The molecule has 0 aromatic carbocycles. The van der Waals surface area contributed by atoms with E-state index in [1.807, 2.05) is 0 Å². The van der Waals surface area contributed by atoms with Crippen LogP contribution in [0.4, 0.5) is 0 Å². The van der Waals surface area contributed by atoms with Gasteiger partial charge in [-0.25, -0.2) is 0 Å². The Kier molecular flexibility index (Phi) is 2290. The minimum absolute atomic E-state index is 0. The second-order valence-electron chi connectivity index (χ2n) is 0. The van der Waals surface area contributed by atoms with Gasteiger partial charge in [-0.1, -0.05) is 0 Å². The first-order chi connectivity index (χ1) is 0. The van der Waals surface area contributed by atoms with E-state index >= 15 is 0 Å². The van der Waals surface area contributed by atoms with E-state index < -0.39 is 0 Å². The van der Waals surface area contributed by atoms with Crippen LogP contribution in [-0.4, -0.2) is 0 Å². The molecule has 0 fully saturated rings. The quantitative estimate of drug-likeness (QED) is 0.503. The molecule has 0 saturated heterocycles. The summed E-state index contributed by atoms with van der Waals surface area (Å²) < 4.78 is 0. The maximum atomic E-state index is 0. The molecule has 0 amide bonds. The van der Waals surface area contributed by atoms with Crippen molar-refractivity contribution in [3.8, 4) is 0 Å². The normalized spacial score (nSPS) is 0. The third-order valence-corrected chi connectivity index (χ3v) is 0. The minimum atomic E-state index is 0. The third kappa shape index (κ3) is 51.8. The zero-order valence-electron chi connectivity index (χ0n) is 2.48. The molecule has 0 heterocycles. The fourth-order valence-corrected chi connectivity index (χ4v) is 0. The van der Waals surface area contributed by atoms with E-state index in [9.17, 15) is 0 Å². The predicted molar refractivity (Wildman–Crippen MR) is 8.85 cm³/mol. The molecular weight excluding hydrogens is 207 g/mol. The Morgan fingerprint density at radius 3 is 0.500 bits per heavy atom. The summed E-state index contributed by atoms with van der Waals surface area (Å²) in [6.45, 7) is 0. The third-order valence-electron chi connectivity index (χ3n) is 0. The summed E-state index contributed by atoms with van der Waals surface area (Å²) in [6.07, 6.45) is 0. The van der Waals surface area contributed by atoms with Crippen molar-refractivity contribution in [2.24, 2.45) is 0 Å². The van der Waals surface area contributed by atoms with Crippen LogP contribution >= 0.6 is 0 Å². The summed E-state index contributed by atoms with van der Waals surface area (Å²) in [6, 6.07) is 0. The van der Waals surface area contributed by atoms with Crippen LogP contribution in [-0.2, 0) is 51.2 Å². The van der Waals surface area contributed by atoms with Gasteiger partial charge < -0.3 is 12.3 Å². The summed E-state index contributed by atoms with van der Waals surface area (Å²) in [4.78, 5) is 0. The molecule has 6 heteroatoms. The van der Waals surface area contributed by atoms with Gasteiger partial charge in [-0.2, -0.15) is 0 Å². The van der Waals surface area contributed by atoms with E-state index in [1.54, 1.807) is 0 Å². The van der Waals surface area contributed by atoms with Crippen LogP contribution in [0.25, 0.3) is 12.3 Å². The van der Waals surface area contributed by atoms with Crippen molar-refractivity contribution < 1.29 is 51.2 Å². The first-order valence-electron chi connectivity index (χ1n) is 0. The first kappa shape index (κ1) is 149. The monoisotopic (exact) mass is 207 g/mol. The molecule has 0 bridgehead atoms. The van der Waals surface area contributed by atoms with Crippen molar-refractivity contribution in [1.29, 1.82) is 0 Å². The van der Waals surface area contributed by atoms with E-state index in [1.165, 1.54) is 0 Å². The molecule has 0 aromatic rings. The molecule has 36 valence electrons. The first-order valence-corrected chi connectivity index (χ1v) is 0. The van der Waals surface area contributed by atoms with Crippen LogP contribution in [0.15, 0.2) is 0 Å². The topological polar surface area (TPSA) is 91.5 Å². The number of hydrogen-bond donors (Lipinski definition) is 0. The summed E-state index contributed by atoms with van der Waals surface area (Å²) >= 11 is 0. The zero-order valence-corrected chi connectivity index (χ0v) is 6.02. The van der Waals surface area contributed by atoms with E-state index in [0.717, 1.165) is 0 Å². The molecule has 0 saturated carbocycles. The maximum absolute atomic E-state index is 0. The van der Waals surface area contributed by atoms with Crippen LogP contribution in [0.1, 0.15) is 0 Å². The van der Waals surface area contributed by atoms with Crippen molar-refractivity contribution in [3.05, 3.63) is 12.3 Å². The van der Waals surface area contributed by atoms with Gasteiger partial charge >= 0.3 is 51.2 Å². The number of hydrogen-bond acceptors (Lipinski definition) is 0. The molecule has 0 N–H and O–H groups in total. The van der Waals surface area contributed by atoms with Gasteiger partial charge in [0.1, 0.15) is 0 Å². The Bertz CT molecular complexity index is 6.00. The van der Waals surface area contributed by atoms with Gasteiger partial charge in [0.2, 0.25) is 0 Å². The molecular formula is Mn3N3. The molecule has 0 spiro atoms. The fraction of sp³-hybridized carbons (Fsp3) is 0. The molecule has 0 aliphatic rings. The van der Waals surface area contributed by atoms with Gasteiger partial charge in [-0.15, -0.1) is 0 Å². The van der Waals surface area contributed by atoms with Crippen LogP contribution in [0.3, 0.4) is 0 Å². The molecule has 0 rings (SSSR count). The number of nitrogens with zero attached hydrogens (tertiary/aromatic N) is 3. The summed E-state index contributed by atoms with van der Waals surface area (Å²) in [7, 11) is 0. The van der Waals surface area contributed by atoms with Crippen molar-refractivity contribution in [2.45, 2.75) is 0 Å². The smallest absolute Gasteiger partial charge is 2.00 e. The molecule has 6 heavy (non-hydrogen) atoms. The fourth-order valence-electron chi connectivity index (χ4n) is 0. The standard InChI is InChI=1S/3Mn.3N/q3*+2;;2*-3. The molecule has 0 aromatic heterocycles. The Balaban J connectivity index is 0. The van der Waals surface area contributed by atoms with Crippen molar-refractivity contribution in [1.82, 2.24) is 6.15 Å². The van der Waals surface area contributed by atoms with Gasteiger partial charge in [0.25, 0.3) is 0 Å². The van der Waals surface area contributed by atoms with Crippen LogP contribution in [0.2, 0.25) is 0 Å². The Labute approximate surface area is 69.6 Å². The number of rotatable bonds is 0. The second-order valence-corrected chi connectivity index (χ2v) is 0. The summed E-state index contributed by atoms with van der Waals surface area (Å²) in [5.41, 5.74) is 0.